The lowest BCUT2D eigenvalue weighted by Crippen LogP contribution is -2.17. The molecule has 1 N–H and O–H groups in total. The predicted octanol–water partition coefficient (Wildman–Crippen LogP) is 4.27. The Hall–Kier alpha value is -1.85. The summed E-state index contributed by atoms with van der Waals surface area (Å²) in [7, 11) is -3.51. The van der Waals surface area contributed by atoms with E-state index in [4.69, 9.17) is 11.6 Å². The molecule has 0 aromatic heterocycles. The Morgan fingerprint density at radius 3 is 2.42 bits per heavy atom. The van der Waals surface area contributed by atoms with Gasteiger partial charge in [-0.2, -0.15) is 0 Å². The first-order valence-electron chi connectivity index (χ1n) is 7.66. The second kappa shape index (κ2) is 7.81. The van der Waals surface area contributed by atoms with Gasteiger partial charge in [0.2, 0.25) is 5.91 Å². The fourth-order valence-electron chi connectivity index (χ4n) is 2.19. The number of anilines is 1. The van der Waals surface area contributed by atoms with Crippen LogP contribution < -0.4 is 5.32 Å². The Morgan fingerprint density at radius 1 is 1.12 bits per heavy atom. The van der Waals surface area contributed by atoms with Gasteiger partial charge in [-0.1, -0.05) is 37.6 Å². The number of hydrogen-bond acceptors (Lipinski definition) is 3. The topological polar surface area (TPSA) is 63.2 Å². The molecule has 0 saturated heterocycles. The van der Waals surface area contributed by atoms with Crippen LogP contribution in [0.5, 0.6) is 0 Å². The van der Waals surface area contributed by atoms with Crippen molar-refractivity contribution >= 4 is 33.0 Å². The first kappa shape index (κ1) is 18.5. The second-order valence-corrected chi connectivity index (χ2v) is 8.40. The highest BCUT2D eigenvalue weighted by molar-refractivity contribution is 7.91. The van der Waals surface area contributed by atoms with Gasteiger partial charge in [0, 0.05) is 17.1 Å². The SMILES string of the molecule is CC(C)c1cccc(NC(=O)CCS(=O)(=O)c2ccc(Cl)cc2)c1. The van der Waals surface area contributed by atoms with Crippen LogP contribution in [0.25, 0.3) is 0 Å². The van der Waals surface area contributed by atoms with Crippen molar-refractivity contribution < 1.29 is 13.2 Å². The number of rotatable bonds is 6. The maximum atomic E-state index is 12.2. The molecule has 0 atom stereocenters. The lowest BCUT2D eigenvalue weighted by Gasteiger charge is -2.10. The number of sulfone groups is 1. The molecule has 0 aliphatic heterocycles. The zero-order chi connectivity index (χ0) is 17.7. The van der Waals surface area contributed by atoms with Crippen LogP contribution >= 0.6 is 11.6 Å². The third kappa shape index (κ3) is 5.08. The van der Waals surface area contributed by atoms with Gasteiger partial charge in [-0.25, -0.2) is 8.42 Å². The molecule has 2 aromatic carbocycles. The van der Waals surface area contributed by atoms with Crippen LogP contribution in [0.4, 0.5) is 5.69 Å². The van der Waals surface area contributed by atoms with Crippen molar-refractivity contribution in [2.45, 2.75) is 31.1 Å². The van der Waals surface area contributed by atoms with Crippen molar-refractivity contribution in [3.8, 4) is 0 Å². The number of benzene rings is 2. The minimum absolute atomic E-state index is 0.100. The van der Waals surface area contributed by atoms with Crippen molar-refractivity contribution in [1.29, 1.82) is 0 Å². The van der Waals surface area contributed by atoms with E-state index >= 15 is 0 Å². The zero-order valence-corrected chi connectivity index (χ0v) is 15.2. The number of carbonyl (C=O) groups is 1. The number of amides is 1. The van der Waals surface area contributed by atoms with Crippen molar-refractivity contribution in [1.82, 2.24) is 0 Å². The zero-order valence-electron chi connectivity index (χ0n) is 13.6. The van der Waals surface area contributed by atoms with Gasteiger partial charge in [0.05, 0.1) is 10.6 Å². The van der Waals surface area contributed by atoms with Crippen LogP contribution in [0.1, 0.15) is 31.7 Å². The predicted molar refractivity (Wildman–Crippen MR) is 97.3 cm³/mol. The molecule has 0 fully saturated rings. The lowest BCUT2D eigenvalue weighted by atomic mass is 10.0. The van der Waals surface area contributed by atoms with E-state index in [0.717, 1.165) is 5.56 Å². The molecule has 2 aromatic rings. The van der Waals surface area contributed by atoms with E-state index in [1.807, 2.05) is 18.2 Å². The van der Waals surface area contributed by atoms with E-state index in [2.05, 4.69) is 19.2 Å². The van der Waals surface area contributed by atoms with Crippen LogP contribution in [0.2, 0.25) is 5.02 Å². The minimum Gasteiger partial charge on any atom is -0.326 e. The molecule has 0 unspecified atom stereocenters. The Bertz CT molecular complexity index is 814. The van der Waals surface area contributed by atoms with Gasteiger partial charge >= 0.3 is 0 Å². The summed E-state index contributed by atoms with van der Waals surface area (Å²) in [5.41, 5.74) is 1.79. The first-order valence-corrected chi connectivity index (χ1v) is 9.69. The molecule has 6 heteroatoms. The third-order valence-electron chi connectivity index (χ3n) is 3.61. The monoisotopic (exact) mass is 365 g/mol. The molecule has 0 heterocycles. The molecule has 0 aliphatic rings. The molecular weight excluding hydrogens is 346 g/mol. The standard InChI is InChI=1S/C18H20ClNO3S/c1-13(2)14-4-3-5-16(12-14)20-18(21)10-11-24(22,23)17-8-6-15(19)7-9-17/h3-9,12-13H,10-11H2,1-2H3,(H,20,21). The Balaban J connectivity index is 1.98. The molecule has 1 amide bonds. The summed E-state index contributed by atoms with van der Waals surface area (Å²) in [4.78, 5) is 12.2. The quantitative estimate of drug-likeness (QED) is 0.831. The van der Waals surface area contributed by atoms with Crippen molar-refractivity contribution in [2.24, 2.45) is 0 Å². The van der Waals surface area contributed by atoms with Gasteiger partial charge in [0.25, 0.3) is 0 Å². The highest BCUT2D eigenvalue weighted by Gasteiger charge is 2.16. The van der Waals surface area contributed by atoms with Gasteiger partial charge in [-0.3, -0.25) is 4.79 Å². The summed E-state index contributed by atoms with van der Waals surface area (Å²) >= 11 is 5.76. The molecule has 24 heavy (non-hydrogen) atoms. The number of halogens is 1. The molecule has 4 nitrogen and oxygen atoms in total. The van der Waals surface area contributed by atoms with E-state index in [1.165, 1.54) is 24.3 Å². The van der Waals surface area contributed by atoms with E-state index in [1.54, 1.807) is 6.07 Å². The average Bonchev–Trinajstić information content (AvgIpc) is 2.54. The molecule has 0 saturated carbocycles. The number of carbonyl (C=O) groups excluding carboxylic acids is 1. The van der Waals surface area contributed by atoms with Crippen molar-refractivity contribution in [3.63, 3.8) is 0 Å². The van der Waals surface area contributed by atoms with E-state index in [0.29, 0.717) is 16.6 Å². The highest BCUT2D eigenvalue weighted by atomic mass is 35.5. The maximum Gasteiger partial charge on any atom is 0.225 e. The van der Waals surface area contributed by atoms with Gasteiger partial charge < -0.3 is 5.32 Å². The van der Waals surface area contributed by atoms with E-state index < -0.39 is 9.84 Å². The van der Waals surface area contributed by atoms with Crippen LogP contribution in [0.3, 0.4) is 0 Å². The molecule has 128 valence electrons. The lowest BCUT2D eigenvalue weighted by molar-refractivity contribution is -0.115. The highest BCUT2D eigenvalue weighted by Crippen LogP contribution is 2.19. The first-order chi connectivity index (χ1) is 11.3. The third-order valence-corrected chi connectivity index (χ3v) is 5.59. The van der Waals surface area contributed by atoms with Crippen LogP contribution in [0, 0.1) is 0 Å². The summed E-state index contributed by atoms with van der Waals surface area (Å²) in [6.07, 6.45) is -0.100. The smallest absolute Gasteiger partial charge is 0.225 e. The fourth-order valence-corrected chi connectivity index (χ4v) is 3.55. The summed E-state index contributed by atoms with van der Waals surface area (Å²) in [6.45, 7) is 4.14. The molecule has 0 spiro atoms. The summed E-state index contributed by atoms with van der Waals surface area (Å²) in [6, 6.07) is 13.5. The summed E-state index contributed by atoms with van der Waals surface area (Å²) in [5.74, 6) is -0.217. The number of nitrogens with one attached hydrogen (secondary N) is 1. The average molecular weight is 366 g/mol. The normalized spacial score (nSPS) is 11.5. The second-order valence-electron chi connectivity index (χ2n) is 5.85. The van der Waals surface area contributed by atoms with Crippen LogP contribution in [0.15, 0.2) is 53.4 Å². The fraction of sp³-hybridized carbons (Fsp3) is 0.278. The van der Waals surface area contributed by atoms with Crippen molar-refractivity contribution in [2.75, 3.05) is 11.1 Å². The molecule has 0 aliphatic carbocycles. The maximum absolute atomic E-state index is 12.2. The van der Waals surface area contributed by atoms with E-state index in [-0.39, 0.29) is 23.0 Å². The molecular formula is C18H20ClNO3S. The van der Waals surface area contributed by atoms with Gasteiger partial charge in [-0.15, -0.1) is 0 Å². The number of hydrogen-bond donors (Lipinski definition) is 1. The molecule has 0 radical (unpaired) electrons. The Morgan fingerprint density at radius 2 is 1.79 bits per heavy atom. The van der Waals surface area contributed by atoms with Crippen LogP contribution in [-0.2, 0) is 14.6 Å². The molecule has 0 bridgehead atoms. The van der Waals surface area contributed by atoms with Crippen molar-refractivity contribution in [3.05, 3.63) is 59.1 Å². The van der Waals surface area contributed by atoms with Gasteiger partial charge in [0.1, 0.15) is 0 Å². The largest absolute Gasteiger partial charge is 0.326 e. The molecule has 2 rings (SSSR count). The van der Waals surface area contributed by atoms with Gasteiger partial charge in [-0.05, 0) is 47.9 Å². The van der Waals surface area contributed by atoms with Crippen LogP contribution in [-0.4, -0.2) is 20.1 Å². The Labute approximate surface area is 147 Å². The minimum atomic E-state index is -3.51. The summed E-state index contributed by atoms with van der Waals surface area (Å²) in [5, 5.41) is 3.22. The van der Waals surface area contributed by atoms with E-state index in [9.17, 15) is 13.2 Å². The van der Waals surface area contributed by atoms with Gasteiger partial charge in [0.15, 0.2) is 9.84 Å². The Kier molecular flexibility index (Phi) is 6.02. The summed E-state index contributed by atoms with van der Waals surface area (Å²) < 4.78 is 24.4.